The average Bonchev–Trinajstić information content (AvgIpc) is 1.66. The van der Waals surface area contributed by atoms with Crippen LogP contribution < -0.4 is 10.6 Å². The quantitative estimate of drug-likeness (QED) is 0.0858. The molecule has 0 spiro atoms. The van der Waals surface area contributed by atoms with Crippen molar-refractivity contribution in [2.75, 3.05) is 98.5 Å². The molecule has 30 heteroatoms. The summed E-state index contributed by atoms with van der Waals surface area (Å²) in [5, 5.41) is 25.0. The minimum Gasteiger partial charge on any atom is -0.386 e. The van der Waals surface area contributed by atoms with Crippen molar-refractivity contribution in [3.05, 3.63) is 276 Å². The van der Waals surface area contributed by atoms with Gasteiger partial charge in [-0.05, 0) is 244 Å². The molecule has 0 bridgehead atoms. The Morgan fingerprint density at radius 3 is 0.910 bits per heavy atom. The summed E-state index contributed by atoms with van der Waals surface area (Å²) in [7, 11) is 7.36. The maximum absolute atomic E-state index is 12.7. The first kappa shape index (κ1) is 92.6. The molecule has 30 nitrogen and oxygen atoms in total. The summed E-state index contributed by atoms with van der Waals surface area (Å²) in [5.41, 5.74) is 17.5. The molecule has 0 unspecified atom stereocenters. The first-order chi connectivity index (χ1) is 64.7. The second kappa shape index (κ2) is 41.0. The van der Waals surface area contributed by atoms with Crippen LogP contribution >= 0.6 is 0 Å². The summed E-state index contributed by atoms with van der Waals surface area (Å²) in [6, 6.07) is 42.4. The van der Waals surface area contributed by atoms with Crippen molar-refractivity contribution >= 4 is 102 Å². The van der Waals surface area contributed by atoms with Crippen molar-refractivity contribution in [2.24, 2.45) is 5.73 Å². The van der Waals surface area contributed by atoms with E-state index in [1.54, 1.807) is 103 Å². The van der Waals surface area contributed by atoms with Gasteiger partial charge in [0, 0.05) is 206 Å². The van der Waals surface area contributed by atoms with Crippen LogP contribution in [-0.2, 0) is 11.2 Å². The molecule has 20 rings (SSSR count). The number of aromatic nitrogens is 13. The number of nitrogens with zero attached hydrogens (tertiary/aromatic N) is 20. The number of anilines is 1. The molecule has 0 aliphatic carbocycles. The third-order valence-electron chi connectivity index (χ3n) is 25.2. The summed E-state index contributed by atoms with van der Waals surface area (Å²) in [4.78, 5) is 136. The Balaban J connectivity index is 0.000000122. The van der Waals surface area contributed by atoms with E-state index >= 15 is 0 Å². The van der Waals surface area contributed by atoms with Crippen molar-refractivity contribution in [3.63, 3.8) is 0 Å². The zero-order chi connectivity index (χ0) is 93.9. The standard InChI is InChI=1S/2C22H25N3O2.C21H23N5O2.C20H23N5O.C19H19N5O2/c1-22(2,27)18-6-8-19(9-7-18)25-13-10-16-14-17(15-23-20(16)25)21(26)24-11-4-3-5-12-24;1-22(2,27)18-7-6-8-19(14-18)25-12-9-16-13-17(15-23-20(16)25)21(26)24-10-4-3-5-11-24;1-24(2)20(27)17-11-18(14-22-12-17)26-9-6-15-10-16(13-23-19(15)26)21(28)25-7-4-3-5-8-25;1-23(2)18-7-6-17(14-21-18)25-11-8-15-12-16(13-22-19(15)25)20(26)24-9-4-3-5-10-24;20-17(25)14-9-16(12-21-10-14)24-7-4-13-8-15(11-22-18(13)24)19(26)23-5-2-1-3-6-23/h6-10,13-15,27H,3-5,11-12H2,1-2H3;6-9,12-15,27H,3-5,10-11H2,1-2H3;6,9-14H,3-5,7-8H2,1-2H3;6-8,11-14H,3-5,9-10H2,1-2H3;4,7-12H,1-3,5-6H2,(H2,20,25). The number of aliphatic hydroxyl groups is 2. The molecule has 5 aliphatic rings. The maximum atomic E-state index is 12.7. The number of likely N-dealkylation sites (tertiary alicyclic amines) is 5. The fourth-order valence-corrected chi connectivity index (χ4v) is 17.6. The summed E-state index contributed by atoms with van der Waals surface area (Å²) in [6.07, 6.45) is 42.8. The predicted molar refractivity (Wildman–Crippen MR) is 519 cm³/mol. The van der Waals surface area contributed by atoms with Crippen molar-refractivity contribution in [1.29, 1.82) is 0 Å². The maximum Gasteiger partial charge on any atom is 0.255 e. The van der Waals surface area contributed by atoms with Gasteiger partial charge in [-0.2, -0.15) is 0 Å². The molecular formula is C104H115N21O9. The molecular weight excluding hydrogens is 1690 g/mol. The van der Waals surface area contributed by atoms with Gasteiger partial charge in [-0.3, -0.25) is 57.2 Å². The van der Waals surface area contributed by atoms with E-state index in [1.807, 2.05) is 225 Å². The Labute approximate surface area is 778 Å². The summed E-state index contributed by atoms with van der Waals surface area (Å²) < 4.78 is 9.68. The summed E-state index contributed by atoms with van der Waals surface area (Å²) in [5.74, 6) is 0.585. The van der Waals surface area contributed by atoms with Gasteiger partial charge < -0.3 is 59.4 Å². The molecule has 7 amide bonds. The normalized spacial score (nSPS) is 14.8. The number of piperidine rings is 5. The second-order valence-corrected chi connectivity index (χ2v) is 36.3. The highest BCUT2D eigenvalue weighted by Crippen LogP contribution is 2.32. The number of nitrogens with two attached hydrogens (primary N) is 1. The fourth-order valence-electron chi connectivity index (χ4n) is 17.6. The zero-order valence-electron chi connectivity index (χ0n) is 77.3. The number of primary amides is 1. The molecule has 2 aromatic carbocycles. The fraction of sp³-hybridized carbons (Fsp3) is 0.337. The van der Waals surface area contributed by atoms with E-state index in [1.165, 1.54) is 43.2 Å². The van der Waals surface area contributed by atoms with Crippen LogP contribution in [-0.4, -0.2) is 237 Å². The smallest absolute Gasteiger partial charge is 0.255 e. The highest BCUT2D eigenvalue weighted by Gasteiger charge is 2.28. The molecule has 0 radical (unpaired) electrons. The van der Waals surface area contributed by atoms with Crippen LogP contribution in [0.3, 0.4) is 0 Å². The van der Waals surface area contributed by atoms with E-state index in [2.05, 4.69) is 39.9 Å². The number of hydrogen-bond acceptors (Lipinski definition) is 18. The van der Waals surface area contributed by atoms with Gasteiger partial charge in [-0.15, -0.1) is 0 Å². The molecule has 134 heavy (non-hydrogen) atoms. The van der Waals surface area contributed by atoms with Crippen molar-refractivity contribution in [1.82, 2.24) is 92.1 Å². The molecule has 690 valence electrons. The Kier molecular flexibility index (Phi) is 28.3. The summed E-state index contributed by atoms with van der Waals surface area (Å²) >= 11 is 0. The van der Waals surface area contributed by atoms with Crippen LogP contribution in [0.1, 0.15) is 208 Å². The van der Waals surface area contributed by atoms with E-state index in [0.717, 1.165) is 219 Å². The highest BCUT2D eigenvalue weighted by atomic mass is 16.3. The van der Waals surface area contributed by atoms with Crippen LogP contribution in [0.4, 0.5) is 5.82 Å². The van der Waals surface area contributed by atoms with Crippen molar-refractivity contribution < 1.29 is 43.8 Å². The second-order valence-electron chi connectivity index (χ2n) is 36.3. The van der Waals surface area contributed by atoms with Crippen LogP contribution in [0.2, 0.25) is 0 Å². The lowest BCUT2D eigenvalue weighted by Crippen LogP contribution is -2.35. The lowest BCUT2D eigenvalue weighted by molar-refractivity contribution is 0.0716. The van der Waals surface area contributed by atoms with Gasteiger partial charge in [0.1, 0.15) is 34.1 Å². The van der Waals surface area contributed by atoms with Gasteiger partial charge in [0.05, 0.1) is 85.8 Å². The number of rotatable bonds is 15. The molecule has 5 saturated heterocycles. The minimum absolute atomic E-state index is 0.0317. The number of fused-ring (bicyclic) bond motifs is 5. The molecule has 0 saturated carbocycles. The third kappa shape index (κ3) is 21.3. The van der Waals surface area contributed by atoms with E-state index < -0.39 is 17.1 Å². The molecule has 13 aromatic heterocycles. The molecule has 4 N–H and O–H groups in total. The monoisotopic (exact) mass is 1800 g/mol. The Hall–Kier alpha value is -14.7. The average molecular weight is 1800 g/mol. The molecule has 18 heterocycles. The largest absolute Gasteiger partial charge is 0.386 e. The van der Waals surface area contributed by atoms with Crippen LogP contribution in [0.15, 0.2) is 226 Å². The zero-order valence-corrected chi connectivity index (χ0v) is 77.3. The first-order valence-corrected chi connectivity index (χ1v) is 46.2. The Morgan fingerprint density at radius 1 is 0.299 bits per heavy atom. The SMILES string of the molecule is CC(C)(O)c1ccc(-n2ccc3cc(C(=O)N4CCCCC4)cnc32)cc1.CC(C)(O)c1cccc(-n2ccc3cc(C(=O)N4CCCCC4)cnc32)c1.CN(C)C(=O)c1cncc(-n2ccc3cc(C(=O)N4CCCCC4)cnc32)c1.CN(C)c1ccc(-n2ccc3cc(C(=O)N4CCCCC4)cnc32)cn1.NC(=O)c1cncc(-n2ccc3cc(C(=O)N4CCCCC4)cnc32)c1. The van der Waals surface area contributed by atoms with Crippen LogP contribution in [0, 0.1) is 0 Å². The van der Waals surface area contributed by atoms with Crippen LogP contribution in [0.5, 0.6) is 0 Å². The van der Waals surface area contributed by atoms with Gasteiger partial charge in [0.15, 0.2) is 0 Å². The number of carbonyl (C=O) groups excluding carboxylic acids is 7. The number of hydrogen-bond donors (Lipinski definition) is 3. The first-order valence-electron chi connectivity index (χ1n) is 46.2. The number of amides is 7. The van der Waals surface area contributed by atoms with Crippen molar-refractivity contribution in [3.8, 4) is 28.4 Å². The lowest BCUT2D eigenvalue weighted by Gasteiger charge is -2.26. The summed E-state index contributed by atoms with van der Waals surface area (Å²) in [6.45, 7) is 15.4. The molecule has 5 aliphatic heterocycles. The van der Waals surface area contributed by atoms with Gasteiger partial charge in [-0.25, -0.2) is 29.9 Å². The minimum atomic E-state index is -0.902. The number of carbonyl (C=O) groups is 7. The lowest BCUT2D eigenvalue weighted by atomic mass is 9.98. The molecule has 5 fully saturated rings. The van der Waals surface area contributed by atoms with E-state index in [9.17, 15) is 43.8 Å². The Bertz CT molecular complexity index is 6760. The highest BCUT2D eigenvalue weighted by molar-refractivity contribution is 6.02. The van der Waals surface area contributed by atoms with Gasteiger partial charge in [0.2, 0.25) is 5.91 Å². The van der Waals surface area contributed by atoms with E-state index in [0.29, 0.717) is 50.3 Å². The number of benzene rings is 2. The van der Waals surface area contributed by atoms with Crippen LogP contribution in [0.25, 0.3) is 83.6 Å². The van der Waals surface area contributed by atoms with E-state index in [-0.39, 0.29) is 35.4 Å². The topological polar surface area (TPSA) is 336 Å². The molecule has 15 aromatic rings. The number of pyridine rings is 8. The van der Waals surface area contributed by atoms with Gasteiger partial charge in [0.25, 0.3) is 35.4 Å². The van der Waals surface area contributed by atoms with Gasteiger partial charge in [-0.1, -0.05) is 24.3 Å². The van der Waals surface area contributed by atoms with Gasteiger partial charge >= 0.3 is 0 Å². The third-order valence-corrected chi connectivity index (χ3v) is 25.2. The van der Waals surface area contributed by atoms with Crippen molar-refractivity contribution in [2.45, 2.75) is 135 Å². The molecule has 0 atom stereocenters. The Morgan fingerprint density at radius 2 is 0.604 bits per heavy atom. The van der Waals surface area contributed by atoms with E-state index in [4.69, 9.17) is 5.73 Å². The predicted octanol–water partition coefficient (Wildman–Crippen LogP) is 15.8.